The Bertz CT molecular complexity index is 209. The van der Waals surface area contributed by atoms with E-state index in [2.05, 4.69) is 17.6 Å². The molecular formula is C12H25ClN2O2. The standard InChI is InChI=1S/C12H24N2O2.ClH/c1-10(11-5-3-4-6-11)14-12(15)9-13-7-8-16-2;/h10-11,13H,3-9H2,1-2H3,(H,14,15);1H. The fourth-order valence-corrected chi connectivity index (χ4v) is 2.26. The maximum Gasteiger partial charge on any atom is 0.234 e. The second kappa shape index (κ2) is 9.68. The van der Waals surface area contributed by atoms with Crippen LogP contribution in [0.15, 0.2) is 0 Å². The molecule has 1 saturated carbocycles. The predicted molar refractivity (Wildman–Crippen MR) is 71.6 cm³/mol. The first kappa shape index (κ1) is 16.7. The number of ether oxygens (including phenoxy) is 1. The highest BCUT2D eigenvalue weighted by Crippen LogP contribution is 2.27. The molecule has 0 spiro atoms. The van der Waals surface area contributed by atoms with Crippen molar-refractivity contribution in [3.05, 3.63) is 0 Å². The smallest absolute Gasteiger partial charge is 0.234 e. The molecule has 4 nitrogen and oxygen atoms in total. The van der Waals surface area contributed by atoms with Gasteiger partial charge in [0, 0.05) is 19.7 Å². The maximum absolute atomic E-state index is 11.6. The van der Waals surface area contributed by atoms with E-state index < -0.39 is 0 Å². The van der Waals surface area contributed by atoms with Crippen LogP contribution in [-0.2, 0) is 9.53 Å². The van der Waals surface area contributed by atoms with Gasteiger partial charge in [0.05, 0.1) is 13.2 Å². The lowest BCUT2D eigenvalue weighted by molar-refractivity contribution is -0.121. The van der Waals surface area contributed by atoms with E-state index >= 15 is 0 Å². The Morgan fingerprint density at radius 1 is 1.41 bits per heavy atom. The molecule has 1 aliphatic carbocycles. The number of nitrogens with one attached hydrogen (secondary N) is 2. The van der Waals surface area contributed by atoms with Gasteiger partial charge in [-0.05, 0) is 25.7 Å². The summed E-state index contributed by atoms with van der Waals surface area (Å²) in [6, 6.07) is 0.319. The van der Waals surface area contributed by atoms with Gasteiger partial charge in [0.1, 0.15) is 0 Å². The molecule has 0 aromatic carbocycles. The molecule has 0 heterocycles. The third kappa shape index (κ3) is 6.86. The van der Waals surface area contributed by atoms with E-state index in [1.165, 1.54) is 25.7 Å². The van der Waals surface area contributed by atoms with Crippen molar-refractivity contribution >= 4 is 18.3 Å². The fourth-order valence-electron chi connectivity index (χ4n) is 2.26. The summed E-state index contributed by atoms with van der Waals surface area (Å²) in [5.41, 5.74) is 0. The quantitative estimate of drug-likeness (QED) is 0.683. The SMILES string of the molecule is COCCNCC(=O)NC(C)C1CCCC1.Cl. The zero-order valence-corrected chi connectivity index (χ0v) is 11.6. The number of carbonyl (C=O) groups is 1. The molecule has 0 bridgehead atoms. The minimum absolute atomic E-state index is 0. The van der Waals surface area contributed by atoms with E-state index in [-0.39, 0.29) is 18.3 Å². The highest BCUT2D eigenvalue weighted by atomic mass is 35.5. The first-order valence-electron chi connectivity index (χ1n) is 6.23. The van der Waals surface area contributed by atoms with Gasteiger partial charge in [0.15, 0.2) is 0 Å². The normalized spacial score (nSPS) is 17.5. The molecule has 2 N–H and O–H groups in total. The van der Waals surface area contributed by atoms with Crippen LogP contribution in [0.4, 0.5) is 0 Å². The summed E-state index contributed by atoms with van der Waals surface area (Å²) in [7, 11) is 1.66. The number of hydrogen-bond donors (Lipinski definition) is 2. The van der Waals surface area contributed by atoms with Crippen molar-refractivity contribution in [3.8, 4) is 0 Å². The molecule has 1 atom stereocenters. The second-order valence-electron chi connectivity index (χ2n) is 4.57. The van der Waals surface area contributed by atoms with Crippen molar-refractivity contribution in [1.82, 2.24) is 10.6 Å². The molecular weight excluding hydrogens is 240 g/mol. The van der Waals surface area contributed by atoms with Crippen LogP contribution in [0.5, 0.6) is 0 Å². The molecule has 0 aromatic heterocycles. The highest BCUT2D eigenvalue weighted by Gasteiger charge is 2.22. The molecule has 0 aromatic rings. The molecule has 1 rings (SSSR count). The molecule has 17 heavy (non-hydrogen) atoms. The van der Waals surface area contributed by atoms with Gasteiger partial charge in [-0.2, -0.15) is 0 Å². The van der Waals surface area contributed by atoms with Crippen LogP contribution in [0.2, 0.25) is 0 Å². The summed E-state index contributed by atoms with van der Waals surface area (Å²) in [5.74, 6) is 0.776. The molecule has 102 valence electrons. The van der Waals surface area contributed by atoms with E-state index in [1.807, 2.05) is 0 Å². The summed E-state index contributed by atoms with van der Waals surface area (Å²) in [4.78, 5) is 11.6. The highest BCUT2D eigenvalue weighted by molar-refractivity contribution is 5.85. The first-order valence-corrected chi connectivity index (χ1v) is 6.23. The van der Waals surface area contributed by atoms with Crippen molar-refractivity contribution in [2.24, 2.45) is 5.92 Å². The maximum atomic E-state index is 11.6. The van der Waals surface area contributed by atoms with Crippen LogP contribution in [0.25, 0.3) is 0 Å². The van der Waals surface area contributed by atoms with E-state index in [1.54, 1.807) is 7.11 Å². The van der Waals surface area contributed by atoms with Crippen molar-refractivity contribution in [3.63, 3.8) is 0 Å². The van der Waals surface area contributed by atoms with Gasteiger partial charge < -0.3 is 15.4 Å². The summed E-state index contributed by atoms with van der Waals surface area (Å²) in [6.07, 6.45) is 5.16. The minimum atomic E-state index is 0. The lowest BCUT2D eigenvalue weighted by atomic mass is 10.00. The molecule has 1 amide bonds. The first-order chi connectivity index (χ1) is 7.74. The fraction of sp³-hybridized carbons (Fsp3) is 0.917. The lowest BCUT2D eigenvalue weighted by Crippen LogP contribution is -2.42. The number of carbonyl (C=O) groups excluding carboxylic acids is 1. The predicted octanol–water partition coefficient (Wildman–Crippen LogP) is 1.34. The van der Waals surface area contributed by atoms with Gasteiger partial charge >= 0.3 is 0 Å². The monoisotopic (exact) mass is 264 g/mol. The van der Waals surface area contributed by atoms with Crippen molar-refractivity contribution in [2.45, 2.75) is 38.6 Å². The van der Waals surface area contributed by atoms with E-state index in [0.717, 1.165) is 6.54 Å². The topological polar surface area (TPSA) is 50.4 Å². The van der Waals surface area contributed by atoms with Crippen LogP contribution in [0.1, 0.15) is 32.6 Å². The number of methoxy groups -OCH3 is 1. The van der Waals surface area contributed by atoms with Crippen molar-refractivity contribution in [1.29, 1.82) is 0 Å². The molecule has 0 radical (unpaired) electrons. The van der Waals surface area contributed by atoms with Gasteiger partial charge in [-0.1, -0.05) is 12.8 Å². The van der Waals surface area contributed by atoms with Gasteiger partial charge in [-0.15, -0.1) is 12.4 Å². The van der Waals surface area contributed by atoms with Crippen LogP contribution in [-0.4, -0.2) is 38.8 Å². The summed E-state index contributed by atoms with van der Waals surface area (Å²) >= 11 is 0. The summed E-state index contributed by atoms with van der Waals surface area (Å²) in [5, 5.41) is 6.10. The van der Waals surface area contributed by atoms with E-state index in [9.17, 15) is 4.79 Å². The van der Waals surface area contributed by atoms with E-state index in [0.29, 0.717) is 25.1 Å². The molecule has 0 saturated heterocycles. The Balaban J connectivity index is 0.00000256. The Kier molecular flexibility index (Phi) is 9.50. The number of halogens is 1. The van der Waals surface area contributed by atoms with Crippen LogP contribution in [0, 0.1) is 5.92 Å². The molecule has 1 aliphatic rings. The lowest BCUT2D eigenvalue weighted by Gasteiger charge is -2.20. The Hall–Kier alpha value is -0.320. The van der Waals surface area contributed by atoms with Gasteiger partial charge in [0.25, 0.3) is 0 Å². The zero-order valence-electron chi connectivity index (χ0n) is 10.8. The number of amides is 1. The minimum Gasteiger partial charge on any atom is -0.383 e. The van der Waals surface area contributed by atoms with Crippen LogP contribution >= 0.6 is 12.4 Å². The second-order valence-corrected chi connectivity index (χ2v) is 4.57. The van der Waals surface area contributed by atoms with Crippen LogP contribution < -0.4 is 10.6 Å². The van der Waals surface area contributed by atoms with Gasteiger partial charge in [-0.3, -0.25) is 4.79 Å². The summed E-state index contributed by atoms with van der Waals surface area (Å²) < 4.78 is 4.89. The van der Waals surface area contributed by atoms with Gasteiger partial charge in [-0.25, -0.2) is 0 Å². The van der Waals surface area contributed by atoms with Crippen molar-refractivity contribution in [2.75, 3.05) is 26.8 Å². The number of hydrogen-bond acceptors (Lipinski definition) is 3. The molecule has 1 unspecified atom stereocenters. The average Bonchev–Trinajstić information content (AvgIpc) is 2.77. The Morgan fingerprint density at radius 3 is 2.65 bits per heavy atom. The third-order valence-electron chi connectivity index (χ3n) is 3.26. The number of rotatable bonds is 7. The van der Waals surface area contributed by atoms with Crippen LogP contribution in [0.3, 0.4) is 0 Å². The molecule has 5 heteroatoms. The van der Waals surface area contributed by atoms with E-state index in [4.69, 9.17) is 4.74 Å². The zero-order chi connectivity index (χ0) is 11.8. The van der Waals surface area contributed by atoms with Gasteiger partial charge in [0.2, 0.25) is 5.91 Å². The Morgan fingerprint density at radius 2 is 2.06 bits per heavy atom. The molecule has 0 aliphatic heterocycles. The largest absolute Gasteiger partial charge is 0.383 e. The Labute approximate surface area is 110 Å². The average molecular weight is 265 g/mol. The molecule has 1 fully saturated rings. The van der Waals surface area contributed by atoms with Crippen molar-refractivity contribution < 1.29 is 9.53 Å². The summed E-state index contributed by atoms with van der Waals surface area (Å²) in [6.45, 7) is 3.87. The third-order valence-corrected chi connectivity index (χ3v) is 3.26.